The molecular weight excluding hydrogens is 491 g/mol. The molecular formula is C28H33FN4O3S. The minimum Gasteiger partial charge on any atom is -0.368 e. The van der Waals surface area contributed by atoms with Crippen LogP contribution in [0.2, 0.25) is 0 Å². The molecule has 1 aliphatic heterocycles. The number of rotatable bonds is 7. The number of para-hydroxylation sites is 1. The van der Waals surface area contributed by atoms with Crippen molar-refractivity contribution < 1.29 is 17.6 Å². The molecule has 37 heavy (non-hydrogen) atoms. The first kappa shape index (κ1) is 26.6. The van der Waals surface area contributed by atoms with Crippen LogP contribution in [0.3, 0.4) is 0 Å². The van der Waals surface area contributed by atoms with Crippen molar-refractivity contribution in [3.05, 3.63) is 94.8 Å². The fourth-order valence-electron chi connectivity index (χ4n) is 4.47. The summed E-state index contributed by atoms with van der Waals surface area (Å²) < 4.78 is 42.5. The molecule has 1 aliphatic rings. The number of halogens is 1. The van der Waals surface area contributed by atoms with Gasteiger partial charge in [0.25, 0.3) is 5.91 Å². The van der Waals surface area contributed by atoms with Gasteiger partial charge in [-0.3, -0.25) is 9.10 Å². The largest absolute Gasteiger partial charge is 0.368 e. The van der Waals surface area contributed by atoms with Crippen molar-refractivity contribution >= 4 is 27.5 Å². The maximum absolute atomic E-state index is 14.5. The zero-order chi connectivity index (χ0) is 26.7. The van der Waals surface area contributed by atoms with Gasteiger partial charge in [-0.25, -0.2) is 4.39 Å². The SMILES string of the molecule is Cc1cccc(N2CCN(C(=O)c3ccc(CN(c4ccccc4F)S(=O)(=O)N(C)C)cc3)CC2)c1C. The first-order valence-electron chi connectivity index (χ1n) is 12.2. The van der Waals surface area contributed by atoms with Crippen molar-refractivity contribution in [3.8, 4) is 0 Å². The third-order valence-corrected chi connectivity index (χ3v) is 8.68. The number of hydrogen-bond donors (Lipinski definition) is 0. The molecule has 0 spiro atoms. The molecule has 0 N–H and O–H groups in total. The fourth-order valence-corrected chi connectivity index (χ4v) is 5.57. The van der Waals surface area contributed by atoms with E-state index in [0.717, 1.165) is 21.7 Å². The monoisotopic (exact) mass is 524 g/mol. The van der Waals surface area contributed by atoms with Crippen LogP contribution in [0.25, 0.3) is 0 Å². The van der Waals surface area contributed by atoms with E-state index in [4.69, 9.17) is 0 Å². The zero-order valence-electron chi connectivity index (χ0n) is 21.7. The Labute approximate surface area is 218 Å². The van der Waals surface area contributed by atoms with Gasteiger partial charge in [0.1, 0.15) is 5.82 Å². The number of hydrogen-bond acceptors (Lipinski definition) is 4. The molecule has 1 amide bonds. The summed E-state index contributed by atoms with van der Waals surface area (Å²) in [6.45, 7) is 6.92. The highest BCUT2D eigenvalue weighted by Gasteiger charge is 2.28. The van der Waals surface area contributed by atoms with Crippen molar-refractivity contribution in [1.29, 1.82) is 0 Å². The molecule has 0 aromatic heterocycles. The third kappa shape index (κ3) is 5.62. The molecule has 0 bridgehead atoms. The van der Waals surface area contributed by atoms with E-state index in [-0.39, 0.29) is 18.1 Å². The molecule has 1 heterocycles. The quantitative estimate of drug-likeness (QED) is 0.464. The Morgan fingerprint density at radius 2 is 1.54 bits per heavy atom. The summed E-state index contributed by atoms with van der Waals surface area (Å²) in [4.78, 5) is 17.3. The fraction of sp³-hybridized carbons (Fsp3) is 0.321. The van der Waals surface area contributed by atoms with Crippen LogP contribution in [-0.2, 0) is 16.8 Å². The van der Waals surface area contributed by atoms with E-state index in [0.29, 0.717) is 24.2 Å². The summed E-state index contributed by atoms with van der Waals surface area (Å²) in [6, 6.07) is 18.9. The molecule has 1 fully saturated rings. The van der Waals surface area contributed by atoms with Crippen LogP contribution in [0.15, 0.2) is 66.7 Å². The van der Waals surface area contributed by atoms with Crippen molar-refractivity contribution in [3.63, 3.8) is 0 Å². The van der Waals surface area contributed by atoms with Gasteiger partial charge in [0.15, 0.2) is 0 Å². The van der Waals surface area contributed by atoms with Gasteiger partial charge in [-0.05, 0) is 60.9 Å². The van der Waals surface area contributed by atoms with Crippen LogP contribution in [0.5, 0.6) is 0 Å². The highest BCUT2D eigenvalue weighted by molar-refractivity contribution is 7.90. The molecule has 196 valence electrons. The van der Waals surface area contributed by atoms with Crippen molar-refractivity contribution in [2.24, 2.45) is 0 Å². The van der Waals surface area contributed by atoms with E-state index < -0.39 is 16.0 Å². The molecule has 0 aliphatic carbocycles. The Morgan fingerprint density at radius 3 is 2.16 bits per heavy atom. The molecule has 3 aromatic rings. The van der Waals surface area contributed by atoms with Gasteiger partial charge >= 0.3 is 10.2 Å². The van der Waals surface area contributed by atoms with E-state index in [2.05, 4.69) is 36.9 Å². The van der Waals surface area contributed by atoms with Gasteiger partial charge in [-0.2, -0.15) is 12.7 Å². The topological polar surface area (TPSA) is 64.2 Å². The summed E-state index contributed by atoms with van der Waals surface area (Å²) in [5.74, 6) is -0.682. The third-order valence-electron chi connectivity index (χ3n) is 6.87. The van der Waals surface area contributed by atoms with E-state index in [1.54, 1.807) is 30.3 Å². The molecule has 0 atom stereocenters. The van der Waals surface area contributed by atoms with Gasteiger partial charge in [0, 0.05) is 51.5 Å². The lowest BCUT2D eigenvalue weighted by atomic mass is 10.1. The molecule has 0 unspecified atom stereocenters. The van der Waals surface area contributed by atoms with E-state index in [9.17, 15) is 17.6 Å². The Balaban J connectivity index is 1.46. The highest BCUT2D eigenvalue weighted by Crippen LogP contribution is 2.26. The summed E-state index contributed by atoms with van der Waals surface area (Å²) in [7, 11) is -1.13. The second-order valence-electron chi connectivity index (χ2n) is 9.44. The van der Waals surface area contributed by atoms with Gasteiger partial charge < -0.3 is 9.80 Å². The van der Waals surface area contributed by atoms with Crippen LogP contribution in [-0.4, -0.2) is 63.8 Å². The number of anilines is 2. The molecule has 3 aromatic carbocycles. The summed E-state index contributed by atoms with van der Waals surface area (Å²) in [5, 5.41) is 0. The van der Waals surface area contributed by atoms with Gasteiger partial charge in [-0.15, -0.1) is 0 Å². The average molecular weight is 525 g/mol. The van der Waals surface area contributed by atoms with Gasteiger partial charge in [0.2, 0.25) is 0 Å². The minimum absolute atomic E-state index is 0.0296. The van der Waals surface area contributed by atoms with Crippen molar-refractivity contribution in [2.75, 3.05) is 49.5 Å². The molecule has 0 radical (unpaired) electrons. The van der Waals surface area contributed by atoms with E-state index in [1.165, 1.54) is 49.1 Å². The highest BCUT2D eigenvalue weighted by atomic mass is 32.2. The maximum atomic E-state index is 14.5. The first-order valence-corrected chi connectivity index (χ1v) is 13.6. The number of piperazine rings is 1. The lowest BCUT2D eigenvalue weighted by Crippen LogP contribution is -2.49. The Bertz CT molecular complexity index is 1370. The predicted octanol–water partition coefficient (Wildman–Crippen LogP) is 4.22. The Morgan fingerprint density at radius 1 is 0.892 bits per heavy atom. The van der Waals surface area contributed by atoms with Crippen LogP contribution >= 0.6 is 0 Å². The molecule has 7 nitrogen and oxygen atoms in total. The zero-order valence-corrected chi connectivity index (χ0v) is 22.5. The van der Waals surface area contributed by atoms with Crippen molar-refractivity contribution in [1.82, 2.24) is 9.21 Å². The Kier molecular flexibility index (Phi) is 7.85. The summed E-state index contributed by atoms with van der Waals surface area (Å²) in [6.07, 6.45) is 0. The standard InChI is InChI=1S/C28H33FN4O3S/c1-21-8-7-11-26(22(21)2)31-16-18-32(19-17-31)28(34)24-14-12-23(13-15-24)20-33(37(35,36)30(3)4)27-10-6-5-9-25(27)29/h5-15H,16-20H2,1-4H3. The first-order chi connectivity index (χ1) is 17.6. The molecule has 1 saturated heterocycles. The summed E-state index contributed by atoms with van der Waals surface area (Å²) in [5.41, 5.74) is 4.88. The number of carbonyl (C=O) groups is 1. The number of amides is 1. The molecule has 4 rings (SSSR count). The van der Waals surface area contributed by atoms with Gasteiger partial charge in [-0.1, -0.05) is 36.4 Å². The van der Waals surface area contributed by atoms with Crippen LogP contribution in [0.1, 0.15) is 27.0 Å². The van der Waals surface area contributed by atoms with Crippen molar-refractivity contribution in [2.45, 2.75) is 20.4 Å². The normalized spacial score (nSPS) is 14.2. The Hall–Kier alpha value is -3.43. The second kappa shape index (κ2) is 10.9. The lowest BCUT2D eigenvalue weighted by molar-refractivity contribution is 0.0746. The predicted molar refractivity (Wildman–Crippen MR) is 146 cm³/mol. The number of carbonyl (C=O) groups excluding carboxylic acids is 1. The number of nitrogens with zero attached hydrogens (tertiary/aromatic N) is 4. The van der Waals surface area contributed by atoms with Crippen LogP contribution in [0, 0.1) is 19.7 Å². The molecule has 0 saturated carbocycles. The maximum Gasteiger partial charge on any atom is 0.303 e. The second-order valence-corrected chi connectivity index (χ2v) is 11.5. The number of benzene rings is 3. The van der Waals surface area contributed by atoms with Gasteiger partial charge in [0.05, 0.1) is 12.2 Å². The average Bonchev–Trinajstić information content (AvgIpc) is 2.89. The van der Waals surface area contributed by atoms with E-state index >= 15 is 0 Å². The van der Waals surface area contributed by atoms with Crippen LogP contribution in [0.4, 0.5) is 15.8 Å². The van der Waals surface area contributed by atoms with Crippen LogP contribution < -0.4 is 9.21 Å². The lowest BCUT2D eigenvalue weighted by Gasteiger charge is -2.37. The van der Waals surface area contributed by atoms with E-state index in [1.807, 2.05) is 4.90 Å². The minimum atomic E-state index is -3.94. The number of aryl methyl sites for hydroxylation is 1. The smallest absolute Gasteiger partial charge is 0.303 e. The summed E-state index contributed by atoms with van der Waals surface area (Å²) >= 11 is 0. The molecule has 9 heteroatoms.